The predicted octanol–water partition coefficient (Wildman–Crippen LogP) is 2.47. The predicted molar refractivity (Wildman–Crippen MR) is 86.2 cm³/mol. The smallest absolute Gasteiger partial charge is 0.418 e. The Balaban J connectivity index is 1.86. The Bertz CT molecular complexity index is 933. The maximum absolute atomic E-state index is 12.6. The molecule has 4 rings (SSSR count). The van der Waals surface area contributed by atoms with Crippen LogP contribution >= 0.6 is 0 Å². The number of aromatic nitrogens is 1. The molecule has 1 fully saturated rings. The number of hydrogen-bond acceptors (Lipinski definition) is 5. The number of para-hydroxylation sites is 1. The van der Waals surface area contributed by atoms with Crippen LogP contribution in [0.2, 0.25) is 0 Å². The van der Waals surface area contributed by atoms with Crippen LogP contribution in [0.4, 0.5) is 4.79 Å². The van der Waals surface area contributed by atoms with Crippen molar-refractivity contribution in [1.29, 1.82) is 0 Å². The fraction of sp³-hybridized carbons (Fsp3) is 0.294. The summed E-state index contributed by atoms with van der Waals surface area (Å²) in [5.41, 5.74) is 1.72. The molecule has 0 radical (unpaired) electrons. The Kier molecular flexibility index (Phi) is 3.50. The third kappa shape index (κ3) is 2.16. The minimum atomic E-state index is -0.521. The summed E-state index contributed by atoms with van der Waals surface area (Å²) in [4.78, 5) is 26.5. The van der Waals surface area contributed by atoms with Crippen LogP contribution in [-0.4, -0.2) is 54.9 Å². The molecular formula is C17H16N2O5. The lowest BCUT2D eigenvalue weighted by atomic mass is 10.2. The van der Waals surface area contributed by atoms with Crippen molar-refractivity contribution in [3.05, 3.63) is 36.1 Å². The highest BCUT2D eigenvalue weighted by molar-refractivity contribution is 6.11. The average molecular weight is 328 g/mol. The van der Waals surface area contributed by atoms with Crippen molar-refractivity contribution in [2.24, 2.45) is 0 Å². The lowest BCUT2D eigenvalue weighted by Crippen LogP contribution is -2.40. The van der Waals surface area contributed by atoms with Gasteiger partial charge in [0.1, 0.15) is 0 Å². The number of methoxy groups -OCH3 is 1. The first kappa shape index (κ1) is 14.8. The first-order valence-corrected chi connectivity index (χ1v) is 7.69. The summed E-state index contributed by atoms with van der Waals surface area (Å²) in [6, 6.07) is 8.95. The van der Waals surface area contributed by atoms with Gasteiger partial charge in [0.05, 0.1) is 31.4 Å². The third-order valence-corrected chi connectivity index (χ3v) is 4.21. The van der Waals surface area contributed by atoms with Gasteiger partial charge in [0.15, 0.2) is 11.3 Å². The quantitative estimate of drug-likeness (QED) is 0.686. The minimum Gasteiger partial charge on any atom is -0.452 e. The van der Waals surface area contributed by atoms with Gasteiger partial charge in [-0.15, -0.1) is 0 Å². The summed E-state index contributed by atoms with van der Waals surface area (Å²) < 4.78 is 17.4. The topological polar surface area (TPSA) is 73.9 Å². The molecule has 0 unspecified atom stereocenters. The van der Waals surface area contributed by atoms with Gasteiger partial charge in [-0.2, -0.15) is 0 Å². The van der Waals surface area contributed by atoms with Crippen LogP contribution in [0.15, 0.2) is 34.7 Å². The van der Waals surface area contributed by atoms with Crippen LogP contribution in [-0.2, 0) is 9.47 Å². The number of benzene rings is 1. The number of carbonyl (C=O) groups excluding carboxylic acids is 2. The fourth-order valence-corrected chi connectivity index (χ4v) is 3.05. The molecule has 0 atom stereocenters. The molecule has 24 heavy (non-hydrogen) atoms. The second kappa shape index (κ2) is 5.68. The van der Waals surface area contributed by atoms with Gasteiger partial charge >= 0.3 is 6.09 Å². The van der Waals surface area contributed by atoms with Crippen LogP contribution in [0.25, 0.3) is 22.0 Å². The van der Waals surface area contributed by atoms with Crippen LogP contribution in [0.1, 0.15) is 10.6 Å². The highest BCUT2D eigenvalue weighted by Crippen LogP contribution is 2.32. The highest BCUT2D eigenvalue weighted by Gasteiger charge is 2.26. The largest absolute Gasteiger partial charge is 0.452 e. The number of morpholine rings is 1. The fourth-order valence-electron chi connectivity index (χ4n) is 3.05. The van der Waals surface area contributed by atoms with Crippen molar-refractivity contribution in [3.8, 4) is 0 Å². The molecule has 1 saturated heterocycles. The van der Waals surface area contributed by atoms with Crippen molar-refractivity contribution >= 4 is 34.0 Å². The number of amides is 1. The lowest BCUT2D eigenvalue weighted by molar-refractivity contribution is 0.0284. The molecule has 1 aliphatic heterocycles. The number of nitrogens with zero attached hydrogens (tertiary/aromatic N) is 2. The molecule has 124 valence electrons. The van der Waals surface area contributed by atoms with Gasteiger partial charge in [-0.05, 0) is 12.1 Å². The number of fused-ring (bicyclic) bond motifs is 3. The Morgan fingerprint density at radius 3 is 2.62 bits per heavy atom. The minimum absolute atomic E-state index is 0.199. The van der Waals surface area contributed by atoms with Crippen LogP contribution in [0.5, 0.6) is 0 Å². The number of furan rings is 1. The second-order valence-electron chi connectivity index (χ2n) is 5.55. The van der Waals surface area contributed by atoms with Gasteiger partial charge in [0.25, 0.3) is 5.91 Å². The van der Waals surface area contributed by atoms with Gasteiger partial charge in [-0.25, -0.2) is 9.36 Å². The molecule has 7 heteroatoms. The molecular weight excluding hydrogens is 312 g/mol. The van der Waals surface area contributed by atoms with E-state index >= 15 is 0 Å². The summed E-state index contributed by atoms with van der Waals surface area (Å²) >= 11 is 0. The maximum atomic E-state index is 12.6. The van der Waals surface area contributed by atoms with E-state index in [0.29, 0.717) is 42.9 Å². The van der Waals surface area contributed by atoms with Gasteiger partial charge < -0.3 is 18.8 Å². The van der Waals surface area contributed by atoms with Crippen LogP contribution in [0, 0.1) is 0 Å². The molecule has 1 aromatic carbocycles. The molecule has 3 heterocycles. The van der Waals surface area contributed by atoms with E-state index in [9.17, 15) is 9.59 Å². The number of rotatable bonds is 1. The van der Waals surface area contributed by atoms with Crippen molar-refractivity contribution < 1.29 is 23.5 Å². The van der Waals surface area contributed by atoms with E-state index in [0.717, 1.165) is 5.39 Å². The Labute approximate surface area is 137 Å². The van der Waals surface area contributed by atoms with Crippen molar-refractivity contribution in [1.82, 2.24) is 9.47 Å². The Hall–Kier alpha value is -2.80. The molecule has 0 saturated carbocycles. The molecule has 1 amide bonds. The summed E-state index contributed by atoms with van der Waals surface area (Å²) in [5.74, 6) is 0.0142. The van der Waals surface area contributed by atoms with Gasteiger partial charge in [-0.3, -0.25) is 4.79 Å². The van der Waals surface area contributed by atoms with Crippen LogP contribution < -0.4 is 0 Å². The van der Waals surface area contributed by atoms with E-state index in [-0.39, 0.29) is 11.7 Å². The standard InChI is InChI=1S/C17H16N2O5/c1-22-17(21)19-12-5-3-2-4-11(12)15-13(19)10-14(24-15)16(20)18-6-8-23-9-7-18/h2-5,10H,6-9H2,1H3. The van der Waals surface area contributed by atoms with E-state index < -0.39 is 6.09 Å². The van der Waals surface area contributed by atoms with E-state index in [4.69, 9.17) is 13.9 Å². The van der Waals surface area contributed by atoms with Crippen molar-refractivity contribution in [3.63, 3.8) is 0 Å². The zero-order valence-electron chi connectivity index (χ0n) is 13.2. The summed E-state index contributed by atoms with van der Waals surface area (Å²) in [6.45, 7) is 2.09. The molecule has 1 aliphatic rings. The van der Waals surface area contributed by atoms with Gasteiger partial charge in [0, 0.05) is 24.5 Å². The summed E-state index contributed by atoms with van der Waals surface area (Å²) in [7, 11) is 1.32. The first-order valence-electron chi connectivity index (χ1n) is 7.69. The van der Waals surface area contributed by atoms with E-state index in [2.05, 4.69) is 0 Å². The number of carbonyl (C=O) groups is 2. The Morgan fingerprint density at radius 2 is 1.88 bits per heavy atom. The molecule has 0 N–H and O–H groups in total. The van der Waals surface area contributed by atoms with Gasteiger partial charge in [-0.1, -0.05) is 12.1 Å². The van der Waals surface area contributed by atoms with E-state index in [1.54, 1.807) is 11.0 Å². The van der Waals surface area contributed by atoms with Crippen molar-refractivity contribution in [2.45, 2.75) is 0 Å². The summed E-state index contributed by atoms with van der Waals surface area (Å²) in [5, 5.41) is 0.763. The summed E-state index contributed by atoms with van der Waals surface area (Å²) in [6.07, 6.45) is -0.521. The molecule has 2 aromatic heterocycles. The zero-order chi connectivity index (χ0) is 16.7. The van der Waals surface area contributed by atoms with Crippen LogP contribution in [0.3, 0.4) is 0 Å². The molecule has 0 bridgehead atoms. The normalized spacial score (nSPS) is 15.1. The number of ether oxygens (including phenoxy) is 2. The zero-order valence-corrected chi connectivity index (χ0v) is 13.2. The third-order valence-electron chi connectivity index (χ3n) is 4.21. The average Bonchev–Trinajstić information content (AvgIpc) is 3.18. The Morgan fingerprint density at radius 1 is 1.12 bits per heavy atom. The molecule has 3 aromatic rings. The molecule has 0 spiro atoms. The van der Waals surface area contributed by atoms with E-state index in [1.165, 1.54) is 11.7 Å². The van der Waals surface area contributed by atoms with Gasteiger partial charge in [0.2, 0.25) is 0 Å². The number of hydrogen-bond donors (Lipinski definition) is 0. The second-order valence-corrected chi connectivity index (χ2v) is 5.55. The SMILES string of the molecule is COC(=O)n1c2ccccc2c2oc(C(=O)N3CCOCC3)cc21. The maximum Gasteiger partial charge on any atom is 0.418 e. The van der Waals surface area contributed by atoms with Crippen molar-refractivity contribution in [2.75, 3.05) is 33.4 Å². The monoisotopic (exact) mass is 328 g/mol. The first-order chi connectivity index (χ1) is 11.7. The van der Waals surface area contributed by atoms with E-state index in [1.807, 2.05) is 24.3 Å². The highest BCUT2D eigenvalue weighted by atomic mass is 16.5. The molecule has 0 aliphatic carbocycles. The molecule has 7 nitrogen and oxygen atoms in total. The lowest BCUT2D eigenvalue weighted by Gasteiger charge is -2.25.